The van der Waals surface area contributed by atoms with Crippen molar-refractivity contribution in [3.63, 3.8) is 0 Å². The molecule has 0 spiro atoms. The molecule has 1 amide bonds. The van der Waals surface area contributed by atoms with Crippen LogP contribution in [0.3, 0.4) is 0 Å². The first-order valence-electron chi connectivity index (χ1n) is 9.86. The molecular weight excluding hydrogens is 406 g/mol. The molecule has 8 heteroatoms. The van der Waals surface area contributed by atoms with E-state index >= 15 is 0 Å². The molecule has 30 heavy (non-hydrogen) atoms. The number of halogens is 1. The lowest BCUT2D eigenvalue weighted by Gasteiger charge is -2.36. The third kappa shape index (κ3) is 5.49. The Balaban J connectivity index is 1.50. The minimum absolute atomic E-state index is 0.0541. The highest BCUT2D eigenvalue weighted by molar-refractivity contribution is 6.30. The molecular formula is C22H28ClN3O4. The van der Waals surface area contributed by atoms with Gasteiger partial charge in [-0.25, -0.2) is 0 Å². The molecule has 0 unspecified atom stereocenters. The van der Waals surface area contributed by atoms with Crippen molar-refractivity contribution >= 4 is 28.9 Å². The normalized spacial score (nSPS) is 14.3. The van der Waals surface area contributed by atoms with Gasteiger partial charge in [-0.15, -0.1) is 0 Å². The topological polar surface area (TPSA) is 63.3 Å². The molecule has 0 aliphatic carbocycles. The van der Waals surface area contributed by atoms with Gasteiger partial charge < -0.3 is 24.4 Å². The van der Waals surface area contributed by atoms with Gasteiger partial charge in [0.2, 0.25) is 11.7 Å². The Kier molecular flexibility index (Phi) is 7.65. The lowest BCUT2D eigenvalue weighted by molar-refractivity contribution is -0.116. The van der Waals surface area contributed by atoms with Crippen molar-refractivity contribution in [1.29, 1.82) is 0 Å². The fraction of sp³-hybridized carbons (Fsp3) is 0.409. The van der Waals surface area contributed by atoms with E-state index in [1.165, 1.54) is 0 Å². The van der Waals surface area contributed by atoms with Crippen molar-refractivity contribution in [3.05, 3.63) is 41.4 Å². The van der Waals surface area contributed by atoms with Crippen LogP contribution in [0.2, 0.25) is 5.02 Å². The number of nitrogens with one attached hydrogen (secondary N) is 1. The van der Waals surface area contributed by atoms with Crippen LogP contribution in [0.25, 0.3) is 0 Å². The monoisotopic (exact) mass is 433 g/mol. The van der Waals surface area contributed by atoms with Gasteiger partial charge >= 0.3 is 0 Å². The molecule has 0 saturated carbocycles. The minimum atomic E-state index is -0.0541. The number of piperazine rings is 1. The molecule has 3 rings (SSSR count). The fourth-order valence-electron chi connectivity index (χ4n) is 3.54. The second-order valence-corrected chi connectivity index (χ2v) is 7.46. The smallest absolute Gasteiger partial charge is 0.225 e. The number of rotatable bonds is 8. The van der Waals surface area contributed by atoms with Crippen LogP contribution in [0.4, 0.5) is 11.4 Å². The van der Waals surface area contributed by atoms with Crippen molar-refractivity contribution in [2.45, 2.75) is 6.42 Å². The summed E-state index contributed by atoms with van der Waals surface area (Å²) in [6, 6.07) is 11.4. The fourth-order valence-corrected chi connectivity index (χ4v) is 3.72. The summed E-state index contributed by atoms with van der Waals surface area (Å²) < 4.78 is 16.0. The summed E-state index contributed by atoms with van der Waals surface area (Å²) >= 11 is 6.09. The standard InChI is InChI=1S/C22H28ClN3O4/c1-28-19-14-17(15-20(29-2)22(19)30-3)24-21(27)7-8-25-9-11-26(12-10-25)18-6-4-5-16(23)13-18/h4-6,13-15H,7-12H2,1-3H3,(H,24,27). The zero-order valence-corrected chi connectivity index (χ0v) is 18.4. The van der Waals surface area contributed by atoms with Crippen LogP contribution in [0.1, 0.15) is 6.42 Å². The number of hydrogen-bond donors (Lipinski definition) is 1. The Morgan fingerprint density at radius 1 is 1.00 bits per heavy atom. The van der Waals surface area contributed by atoms with Crippen LogP contribution < -0.4 is 24.4 Å². The van der Waals surface area contributed by atoms with Gasteiger partial charge in [-0.3, -0.25) is 9.69 Å². The number of benzene rings is 2. The average molecular weight is 434 g/mol. The molecule has 1 fully saturated rings. The van der Waals surface area contributed by atoms with Gasteiger partial charge in [0.05, 0.1) is 21.3 Å². The van der Waals surface area contributed by atoms with Crippen molar-refractivity contribution in [2.75, 3.05) is 64.3 Å². The second-order valence-electron chi connectivity index (χ2n) is 7.02. The van der Waals surface area contributed by atoms with E-state index in [0.29, 0.717) is 35.9 Å². The molecule has 2 aromatic carbocycles. The SMILES string of the molecule is COc1cc(NC(=O)CCN2CCN(c3cccc(Cl)c3)CC2)cc(OC)c1OC. The number of amides is 1. The van der Waals surface area contributed by atoms with E-state index in [-0.39, 0.29) is 5.91 Å². The van der Waals surface area contributed by atoms with E-state index in [4.69, 9.17) is 25.8 Å². The van der Waals surface area contributed by atoms with E-state index in [2.05, 4.69) is 21.2 Å². The number of nitrogens with zero attached hydrogens (tertiary/aromatic N) is 2. The summed E-state index contributed by atoms with van der Waals surface area (Å²) in [4.78, 5) is 17.1. The summed E-state index contributed by atoms with van der Waals surface area (Å²) in [5, 5.41) is 3.67. The predicted octanol–water partition coefficient (Wildman–Crippen LogP) is 3.52. The number of anilines is 2. The predicted molar refractivity (Wildman–Crippen MR) is 119 cm³/mol. The first kappa shape index (κ1) is 22.1. The Morgan fingerprint density at radius 3 is 2.23 bits per heavy atom. The third-order valence-electron chi connectivity index (χ3n) is 5.15. The van der Waals surface area contributed by atoms with Crippen molar-refractivity contribution < 1.29 is 19.0 Å². The van der Waals surface area contributed by atoms with Crippen LogP contribution in [-0.2, 0) is 4.79 Å². The summed E-state index contributed by atoms with van der Waals surface area (Å²) in [5.41, 5.74) is 1.75. The van der Waals surface area contributed by atoms with Gasteiger partial charge in [0.15, 0.2) is 11.5 Å². The van der Waals surface area contributed by atoms with Crippen molar-refractivity contribution in [2.24, 2.45) is 0 Å². The lowest BCUT2D eigenvalue weighted by atomic mass is 10.2. The number of carbonyl (C=O) groups is 1. The van der Waals surface area contributed by atoms with Gasteiger partial charge in [0, 0.05) is 67.7 Å². The molecule has 1 aliphatic heterocycles. The van der Waals surface area contributed by atoms with Gasteiger partial charge in [-0.1, -0.05) is 17.7 Å². The van der Waals surface area contributed by atoms with Crippen LogP contribution >= 0.6 is 11.6 Å². The highest BCUT2D eigenvalue weighted by Gasteiger charge is 2.19. The van der Waals surface area contributed by atoms with E-state index in [9.17, 15) is 4.79 Å². The van der Waals surface area contributed by atoms with Crippen LogP contribution in [0, 0.1) is 0 Å². The maximum absolute atomic E-state index is 12.5. The molecule has 0 bridgehead atoms. The van der Waals surface area contributed by atoms with Crippen LogP contribution in [-0.4, -0.2) is 64.9 Å². The van der Waals surface area contributed by atoms with Gasteiger partial charge in [0.1, 0.15) is 0 Å². The number of hydrogen-bond acceptors (Lipinski definition) is 6. The molecule has 1 heterocycles. The average Bonchev–Trinajstić information content (AvgIpc) is 2.77. The zero-order valence-electron chi connectivity index (χ0n) is 17.6. The highest BCUT2D eigenvalue weighted by atomic mass is 35.5. The van der Waals surface area contributed by atoms with E-state index in [1.807, 2.05) is 18.2 Å². The van der Waals surface area contributed by atoms with E-state index in [0.717, 1.165) is 36.9 Å². The summed E-state index contributed by atoms with van der Waals surface area (Å²) in [7, 11) is 4.64. The minimum Gasteiger partial charge on any atom is -0.493 e. The molecule has 1 saturated heterocycles. The van der Waals surface area contributed by atoms with Crippen LogP contribution in [0.15, 0.2) is 36.4 Å². The molecule has 162 valence electrons. The lowest BCUT2D eigenvalue weighted by Crippen LogP contribution is -2.47. The summed E-state index contributed by atoms with van der Waals surface area (Å²) in [6.07, 6.45) is 0.411. The Labute approximate surface area is 182 Å². The zero-order chi connectivity index (χ0) is 21.5. The van der Waals surface area contributed by atoms with Gasteiger partial charge in [-0.2, -0.15) is 0 Å². The third-order valence-corrected chi connectivity index (χ3v) is 5.38. The van der Waals surface area contributed by atoms with Gasteiger partial charge in [0.25, 0.3) is 0 Å². The molecule has 0 aromatic heterocycles. The number of carbonyl (C=O) groups excluding carboxylic acids is 1. The Bertz CT molecular complexity index is 844. The Morgan fingerprint density at radius 2 is 1.67 bits per heavy atom. The first-order chi connectivity index (χ1) is 14.5. The quantitative estimate of drug-likeness (QED) is 0.687. The van der Waals surface area contributed by atoms with Crippen molar-refractivity contribution in [1.82, 2.24) is 4.90 Å². The molecule has 0 radical (unpaired) electrons. The maximum atomic E-state index is 12.5. The van der Waals surface area contributed by atoms with Crippen LogP contribution in [0.5, 0.6) is 17.2 Å². The number of ether oxygens (including phenoxy) is 3. The van der Waals surface area contributed by atoms with Crippen molar-refractivity contribution in [3.8, 4) is 17.2 Å². The maximum Gasteiger partial charge on any atom is 0.225 e. The molecule has 7 nitrogen and oxygen atoms in total. The van der Waals surface area contributed by atoms with E-state index in [1.54, 1.807) is 33.5 Å². The van der Waals surface area contributed by atoms with E-state index < -0.39 is 0 Å². The molecule has 1 aliphatic rings. The summed E-state index contributed by atoms with van der Waals surface area (Å²) in [5.74, 6) is 1.45. The molecule has 1 N–H and O–H groups in total. The Hall–Kier alpha value is -2.64. The largest absolute Gasteiger partial charge is 0.493 e. The molecule has 2 aromatic rings. The summed E-state index contributed by atoms with van der Waals surface area (Å²) in [6.45, 7) is 4.34. The van der Waals surface area contributed by atoms with Gasteiger partial charge in [-0.05, 0) is 18.2 Å². The first-order valence-corrected chi connectivity index (χ1v) is 10.2. The molecule has 0 atom stereocenters. The second kappa shape index (κ2) is 10.4. The highest BCUT2D eigenvalue weighted by Crippen LogP contribution is 2.39. The number of methoxy groups -OCH3 is 3.